The van der Waals surface area contributed by atoms with Gasteiger partial charge >= 0.3 is 11.9 Å². The SMILES string of the molecule is O=C(O)Cn1nccc1[C@@H]1CCCN(Cc2cccc(C(=O)O)n2)C1. The molecule has 0 aromatic carbocycles. The van der Waals surface area contributed by atoms with Crippen molar-refractivity contribution in [3.05, 3.63) is 47.5 Å². The first kappa shape index (κ1) is 17.1. The largest absolute Gasteiger partial charge is 0.480 e. The maximum Gasteiger partial charge on any atom is 0.354 e. The highest BCUT2D eigenvalue weighted by molar-refractivity contribution is 5.85. The number of hydrogen-bond donors (Lipinski definition) is 2. The summed E-state index contributed by atoms with van der Waals surface area (Å²) in [5, 5.41) is 22.2. The van der Waals surface area contributed by atoms with Crippen LogP contribution in [-0.2, 0) is 17.9 Å². The van der Waals surface area contributed by atoms with Gasteiger partial charge in [-0.25, -0.2) is 9.78 Å². The van der Waals surface area contributed by atoms with Gasteiger partial charge in [0.15, 0.2) is 0 Å². The second-order valence-electron chi connectivity index (χ2n) is 6.20. The quantitative estimate of drug-likeness (QED) is 0.816. The van der Waals surface area contributed by atoms with Crippen LogP contribution in [0, 0.1) is 0 Å². The average Bonchev–Trinajstić information content (AvgIpc) is 3.02. The van der Waals surface area contributed by atoms with Crippen molar-refractivity contribution >= 4 is 11.9 Å². The van der Waals surface area contributed by atoms with Crippen LogP contribution >= 0.6 is 0 Å². The van der Waals surface area contributed by atoms with E-state index in [4.69, 9.17) is 10.2 Å². The minimum Gasteiger partial charge on any atom is -0.480 e. The molecule has 0 amide bonds. The Morgan fingerprint density at radius 2 is 2.08 bits per heavy atom. The Morgan fingerprint density at radius 1 is 1.24 bits per heavy atom. The molecule has 0 unspecified atom stereocenters. The maximum atomic E-state index is 11.0. The zero-order valence-electron chi connectivity index (χ0n) is 13.7. The van der Waals surface area contributed by atoms with Crippen molar-refractivity contribution in [2.75, 3.05) is 13.1 Å². The fourth-order valence-electron chi connectivity index (χ4n) is 3.31. The topological polar surface area (TPSA) is 109 Å². The summed E-state index contributed by atoms with van der Waals surface area (Å²) in [5.74, 6) is -1.73. The van der Waals surface area contributed by atoms with Crippen LogP contribution in [0.25, 0.3) is 0 Å². The Bertz CT molecular complexity index is 774. The van der Waals surface area contributed by atoms with Crippen molar-refractivity contribution < 1.29 is 19.8 Å². The molecule has 1 saturated heterocycles. The molecule has 1 aliphatic rings. The Hall–Kier alpha value is -2.74. The van der Waals surface area contributed by atoms with Crippen molar-refractivity contribution in [3.8, 4) is 0 Å². The summed E-state index contributed by atoms with van der Waals surface area (Å²) in [6.45, 7) is 2.11. The molecular formula is C17H20N4O4. The van der Waals surface area contributed by atoms with Gasteiger partial charge in [0.05, 0.1) is 5.69 Å². The molecule has 8 nitrogen and oxygen atoms in total. The van der Waals surface area contributed by atoms with Crippen LogP contribution in [0.15, 0.2) is 30.5 Å². The summed E-state index contributed by atoms with van der Waals surface area (Å²) in [6.07, 6.45) is 3.60. The first-order valence-electron chi connectivity index (χ1n) is 8.18. The number of rotatable bonds is 6. The Balaban J connectivity index is 1.69. The second-order valence-corrected chi connectivity index (χ2v) is 6.20. The fraction of sp³-hybridized carbons (Fsp3) is 0.412. The molecule has 8 heteroatoms. The standard InChI is InChI=1S/C17H20N4O4/c22-16(23)11-21-15(6-7-18-21)12-3-2-8-20(9-12)10-13-4-1-5-14(19-13)17(24)25/h1,4-7,12H,2-3,8-11H2,(H,22,23)(H,24,25)/t12-/m1/s1. The smallest absolute Gasteiger partial charge is 0.354 e. The lowest BCUT2D eigenvalue weighted by molar-refractivity contribution is -0.137. The first-order valence-corrected chi connectivity index (χ1v) is 8.18. The number of aromatic carboxylic acids is 1. The highest BCUT2D eigenvalue weighted by Crippen LogP contribution is 2.27. The number of likely N-dealkylation sites (tertiary alicyclic amines) is 1. The van der Waals surface area contributed by atoms with Crippen molar-refractivity contribution in [3.63, 3.8) is 0 Å². The van der Waals surface area contributed by atoms with Crippen LogP contribution < -0.4 is 0 Å². The predicted molar refractivity (Wildman–Crippen MR) is 88.3 cm³/mol. The third kappa shape index (κ3) is 4.21. The highest BCUT2D eigenvalue weighted by Gasteiger charge is 2.25. The lowest BCUT2D eigenvalue weighted by Gasteiger charge is -2.32. The van der Waals surface area contributed by atoms with E-state index in [0.29, 0.717) is 6.54 Å². The van der Waals surface area contributed by atoms with Crippen LogP contribution in [0.1, 0.15) is 40.6 Å². The number of carboxylic acid groups (broad SMARTS) is 2. The van der Waals surface area contributed by atoms with Gasteiger partial charge in [0.2, 0.25) is 0 Å². The Kier molecular flexibility index (Phi) is 5.08. The number of piperidine rings is 1. The van der Waals surface area contributed by atoms with Crippen molar-refractivity contribution in [1.29, 1.82) is 0 Å². The van der Waals surface area contributed by atoms with Crippen LogP contribution in [0.5, 0.6) is 0 Å². The van der Waals surface area contributed by atoms with Crippen LogP contribution in [0.2, 0.25) is 0 Å². The third-order valence-corrected chi connectivity index (χ3v) is 4.37. The number of aliphatic carboxylic acids is 1. The maximum absolute atomic E-state index is 11.0. The first-order chi connectivity index (χ1) is 12.0. The zero-order valence-corrected chi connectivity index (χ0v) is 13.7. The van der Waals surface area contributed by atoms with Gasteiger partial charge in [-0.05, 0) is 37.6 Å². The summed E-state index contributed by atoms with van der Waals surface area (Å²) in [5.41, 5.74) is 1.70. The number of hydrogen-bond acceptors (Lipinski definition) is 5. The molecule has 1 aliphatic heterocycles. The van der Waals surface area contributed by atoms with E-state index >= 15 is 0 Å². The minimum absolute atomic E-state index is 0.0468. The summed E-state index contributed by atoms with van der Waals surface area (Å²) in [7, 11) is 0. The van der Waals surface area contributed by atoms with Crippen LogP contribution in [0.4, 0.5) is 0 Å². The van der Waals surface area contributed by atoms with E-state index in [2.05, 4.69) is 15.0 Å². The third-order valence-electron chi connectivity index (χ3n) is 4.37. The van der Waals surface area contributed by atoms with Gasteiger partial charge in [0.1, 0.15) is 12.2 Å². The predicted octanol–water partition coefficient (Wildman–Crippen LogP) is 1.44. The van der Waals surface area contributed by atoms with Crippen LogP contribution in [-0.4, -0.2) is 54.9 Å². The van der Waals surface area contributed by atoms with E-state index in [-0.39, 0.29) is 18.2 Å². The molecule has 3 heterocycles. The van der Waals surface area contributed by atoms with Gasteiger partial charge in [-0.15, -0.1) is 0 Å². The number of carboxylic acids is 2. The molecule has 0 saturated carbocycles. The van der Waals surface area contributed by atoms with Gasteiger partial charge in [-0.1, -0.05) is 6.07 Å². The highest BCUT2D eigenvalue weighted by atomic mass is 16.4. The molecule has 3 rings (SSSR count). The zero-order chi connectivity index (χ0) is 17.8. The lowest BCUT2D eigenvalue weighted by atomic mass is 9.94. The van der Waals surface area contributed by atoms with E-state index in [1.165, 1.54) is 6.07 Å². The second kappa shape index (κ2) is 7.43. The monoisotopic (exact) mass is 344 g/mol. The fourth-order valence-corrected chi connectivity index (χ4v) is 3.31. The Morgan fingerprint density at radius 3 is 2.84 bits per heavy atom. The van der Waals surface area contributed by atoms with Crippen molar-refractivity contribution in [2.45, 2.75) is 31.8 Å². The molecular weight excluding hydrogens is 324 g/mol. The average molecular weight is 344 g/mol. The number of nitrogens with zero attached hydrogens (tertiary/aromatic N) is 4. The number of pyridine rings is 1. The van der Waals surface area contributed by atoms with E-state index in [1.54, 1.807) is 16.9 Å². The Labute approximate surface area is 144 Å². The van der Waals surface area contributed by atoms with E-state index in [0.717, 1.165) is 37.3 Å². The molecule has 0 radical (unpaired) electrons. The van der Waals surface area contributed by atoms with E-state index in [1.807, 2.05) is 12.1 Å². The molecule has 1 fully saturated rings. The summed E-state index contributed by atoms with van der Waals surface area (Å²) >= 11 is 0. The molecule has 2 aromatic rings. The van der Waals surface area contributed by atoms with Crippen molar-refractivity contribution in [1.82, 2.24) is 19.7 Å². The summed E-state index contributed by atoms with van der Waals surface area (Å²) in [4.78, 5) is 28.4. The summed E-state index contributed by atoms with van der Waals surface area (Å²) < 4.78 is 1.54. The molecule has 132 valence electrons. The minimum atomic E-state index is -1.03. The molecule has 0 spiro atoms. The molecule has 2 N–H and O–H groups in total. The van der Waals surface area contributed by atoms with Gasteiger partial charge < -0.3 is 10.2 Å². The van der Waals surface area contributed by atoms with E-state index in [9.17, 15) is 9.59 Å². The normalized spacial score (nSPS) is 18.2. The summed E-state index contributed by atoms with van der Waals surface area (Å²) in [6, 6.07) is 6.88. The van der Waals surface area contributed by atoms with Gasteiger partial charge in [0.25, 0.3) is 0 Å². The lowest BCUT2D eigenvalue weighted by Crippen LogP contribution is -2.35. The molecule has 0 bridgehead atoms. The number of aromatic nitrogens is 3. The van der Waals surface area contributed by atoms with Gasteiger partial charge in [0, 0.05) is 30.9 Å². The van der Waals surface area contributed by atoms with Crippen LogP contribution in [0.3, 0.4) is 0 Å². The van der Waals surface area contributed by atoms with Crippen molar-refractivity contribution in [2.24, 2.45) is 0 Å². The van der Waals surface area contributed by atoms with Gasteiger partial charge in [-0.3, -0.25) is 14.4 Å². The molecule has 0 aliphatic carbocycles. The van der Waals surface area contributed by atoms with Gasteiger partial charge in [-0.2, -0.15) is 5.10 Å². The van der Waals surface area contributed by atoms with E-state index < -0.39 is 11.9 Å². The molecule has 1 atom stereocenters. The number of carbonyl (C=O) groups is 2. The molecule has 25 heavy (non-hydrogen) atoms. The molecule has 2 aromatic heterocycles.